The minimum absolute atomic E-state index is 0. The van der Waals surface area contributed by atoms with E-state index in [-0.39, 0.29) is 23.9 Å². The molecule has 134 valence electrons. The fourth-order valence-electron chi connectivity index (χ4n) is 2.85. The van der Waals surface area contributed by atoms with Crippen LogP contribution in [0.2, 0.25) is 5.02 Å². The molecule has 1 heterocycles. The van der Waals surface area contributed by atoms with Gasteiger partial charge in [-0.05, 0) is 35.9 Å². The molecule has 0 spiro atoms. The van der Waals surface area contributed by atoms with E-state index in [1.165, 1.54) is 24.3 Å². The number of hydrogen-bond acceptors (Lipinski definition) is 4. The standard InChI is InChI=1S/C17H17ClFN3O2.ClH/c18-17-6-5-16(22(23)24)11-13(17)12-20-7-9-21(10-8-20)15-3-1-14(19)2-4-15;/h1-6,11H,7-10,12H2;1H. The third kappa shape index (κ3) is 4.81. The molecule has 0 bridgehead atoms. The average molecular weight is 386 g/mol. The second-order valence-corrected chi connectivity index (χ2v) is 6.18. The van der Waals surface area contributed by atoms with Gasteiger partial charge >= 0.3 is 0 Å². The van der Waals surface area contributed by atoms with E-state index >= 15 is 0 Å². The molecule has 0 amide bonds. The smallest absolute Gasteiger partial charge is 0.269 e. The number of anilines is 1. The molecule has 3 rings (SSSR count). The van der Waals surface area contributed by atoms with Crippen LogP contribution in [0.4, 0.5) is 15.8 Å². The Morgan fingerprint density at radius 3 is 2.32 bits per heavy atom. The van der Waals surface area contributed by atoms with Crippen LogP contribution in [0.1, 0.15) is 5.56 Å². The lowest BCUT2D eigenvalue weighted by atomic mass is 10.1. The van der Waals surface area contributed by atoms with Crippen LogP contribution in [0, 0.1) is 15.9 Å². The van der Waals surface area contributed by atoms with Crippen molar-refractivity contribution in [3.8, 4) is 0 Å². The van der Waals surface area contributed by atoms with Gasteiger partial charge in [0.15, 0.2) is 0 Å². The van der Waals surface area contributed by atoms with Gasteiger partial charge in [-0.2, -0.15) is 0 Å². The normalized spacial score (nSPS) is 14.9. The summed E-state index contributed by atoms with van der Waals surface area (Å²) in [5.74, 6) is -0.238. The largest absolute Gasteiger partial charge is 0.369 e. The van der Waals surface area contributed by atoms with Crippen LogP contribution in [-0.2, 0) is 6.54 Å². The first-order valence-corrected chi connectivity index (χ1v) is 8.06. The molecule has 1 aliphatic rings. The number of nitro groups is 1. The molecule has 0 aliphatic carbocycles. The highest BCUT2D eigenvalue weighted by Crippen LogP contribution is 2.24. The van der Waals surface area contributed by atoms with Crippen LogP contribution in [0.3, 0.4) is 0 Å². The lowest BCUT2D eigenvalue weighted by Gasteiger charge is -2.36. The summed E-state index contributed by atoms with van der Waals surface area (Å²) in [6.07, 6.45) is 0. The van der Waals surface area contributed by atoms with E-state index in [9.17, 15) is 14.5 Å². The highest BCUT2D eigenvalue weighted by Gasteiger charge is 2.19. The highest BCUT2D eigenvalue weighted by atomic mass is 35.5. The SMILES string of the molecule is Cl.O=[N+]([O-])c1ccc(Cl)c(CN2CCN(c3ccc(F)cc3)CC2)c1. The number of halogens is 3. The van der Waals surface area contributed by atoms with Crippen molar-refractivity contribution in [1.82, 2.24) is 4.90 Å². The van der Waals surface area contributed by atoms with Gasteiger partial charge in [-0.25, -0.2) is 4.39 Å². The van der Waals surface area contributed by atoms with Crippen LogP contribution >= 0.6 is 24.0 Å². The predicted octanol–water partition coefficient (Wildman–Crippen LogP) is 4.13. The van der Waals surface area contributed by atoms with E-state index in [0.717, 1.165) is 37.4 Å². The summed E-state index contributed by atoms with van der Waals surface area (Å²) in [7, 11) is 0. The van der Waals surface area contributed by atoms with Gasteiger partial charge in [0.05, 0.1) is 4.92 Å². The Morgan fingerprint density at radius 2 is 1.72 bits per heavy atom. The first-order chi connectivity index (χ1) is 11.5. The molecule has 25 heavy (non-hydrogen) atoms. The van der Waals surface area contributed by atoms with Gasteiger partial charge in [0.2, 0.25) is 0 Å². The molecular formula is C17H18Cl2FN3O2. The summed E-state index contributed by atoms with van der Waals surface area (Å²) in [6.45, 7) is 3.85. The average Bonchev–Trinajstić information content (AvgIpc) is 2.58. The summed E-state index contributed by atoms with van der Waals surface area (Å²) in [6, 6.07) is 11.0. The molecule has 5 nitrogen and oxygen atoms in total. The second kappa shape index (κ2) is 8.47. The Bertz CT molecular complexity index is 735. The summed E-state index contributed by atoms with van der Waals surface area (Å²) in [5.41, 5.74) is 1.82. The summed E-state index contributed by atoms with van der Waals surface area (Å²) in [4.78, 5) is 14.9. The van der Waals surface area contributed by atoms with Crippen molar-refractivity contribution < 1.29 is 9.31 Å². The quantitative estimate of drug-likeness (QED) is 0.586. The number of rotatable bonds is 4. The molecule has 1 saturated heterocycles. The Morgan fingerprint density at radius 1 is 1.08 bits per heavy atom. The Kier molecular flexibility index (Phi) is 6.58. The molecule has 0 radical (unpaired) electrons. The molecule has 2 aromatic carbocycles. The number of nitro benzene ring substituents is 1. The zero-order valence-electron chi connectivity index (χ0n) is 13.4. The summed E-state index contributed by atoms with van der Waals surface area (Å²) in [5, 5.41) is 11.4. The number of nitrogens with zero attached hydrogens (tertiary/aromatic N) is 3. The van der Waals surface area contributed by atoms with Crippen LogP contribution in [0.5, 0.6) is 0 Å². The first-order valence-electron chi connectivity index (χ1n) is 7.68. The van der Waals surface area contributed by atoms with Gasteiger partial charge < -0.3 is 4.90 Å². The van der Waals surface area contributed by atoms with Crippen molar-refractivity contribution in [2.24, 2.45) is 0 Å². The van der Waals surface area contributed by atoms with Crippen molar-refractivity contribution >= 4 is 35.4 Å². The van der Waals surface area contributed by atoms with Crippen LogP contribution in [0.15, 0.2) is 42.5 Å². The molecule has 2 aromatic rings. The maximum Gasteiger partial charge on any atom is 0.269 e. The Balaban J connectivity index is 0.00000225. The molecule has 0 unspecified atom stereocenters. The van der Waals surface area contributed by atoms with Gasteiger partial charge in [0, 0.05) is 55.6 Å². The third-order valence-corrected chi connectivity index (χ3v) is 4.57. The zero-order valence-corrected chi connectivity index (χ0v) is 15.0. The second-order valence-electron chi connectivity index (χ2n) is 5.77. The minimum atomic E-state index is -0.410. The maximum atomic E-state index is 13.0. The molecule has 0 aromatic heterocycles. The molecule has 0 N–H and O–H groups in total. The minimum Gasteiger partial charge on any atom is -0.369 e. The highest BCUT2D eigenvalue weighted by molar-refractivity contribution is 6.31. The van der Waals surface area contributed by atoms with E-state index in [4.69, 9.17) is 11.6 Å². The predicted molar refractivity (Wildman–Crippen MR) is 99.2 cm³/mol. The molecule has 0 saturated carbocycles. The molecule has 0 atom stereocenters. The fraction of sp³-hybridized carbons (Fsp3) is 0.294. The van der Waals surface area contributed by atoms with E-state index in [0.29, 0.717) is 11.6 Å². The van der Waals surface area contributed by atoms with Gasteiger partial charge in [0.25, 0.3) is 5.69 Å². The lowest BCUT2D eigenvalue weighted by molar-refractivity contribution is -0.384. The van der Waals surface area contributed by atoms with Crippen LogP contribution < -0.4 is 4.90 Å². The monoisotopic (exact) mass is 385 g/mol. The first kappa shape index (κ1) is 19.4. The Labute approximate surface area is 156 Å². The maximum absolute atomic E-state index is 13.0. The van der Waals surface area contributed by atoms with Crippen molar-refractivity contribution in [2.75, 3.05) is 31.1 Å². The van der Waals surface area contributed by atoms with Gasteiger partial charge in [-0.1, -0.05) is 11.6 Å². The van der Waals surface area contributed by atoms with Crippen molar-refractivity contribution in [2.45, 2.75) is 6.54 Å². The van der Waals surface area contributed by atoms with Crippen LogP contribution in [0.25, 0.3) is 0 Å². The van der Waals surface area contributed by atoms with E-state index < -0.39 is 4.92 Å². The third-order valence-electron chi connectivity index (χ3n) is 4.20. The Hall–Kier alpha value is -1.89. The van der Waals surface area contributed by atoms with Gasteiger partial charge in [-0.3, -0.25) is 15.0 Å². The van der Waals surface area contributed by atoms with Crippen molar-refractivity contribution in [3.05, 3.63) is 69.0 Å². The van der Waals surface area contributed by atoms with Crippen molar-refractivity contribution in [1.29, 1.82) is 0 Å². The summed E-state index contributed by atoms with van der Waals surface area (Å²) < 4.78 is 13.0. The molecule has 8 heteroatoms. The fourth-order valence-corrected chi connectivity index (χ4v) is 3.03. The van der Waals surface area contributed by atoms with Crippen LogP contribution in [-0.4, -0.2) is 36.0 Å². The molecule has 1 aliphatic heterocycles. The zero-order chi connectivity index (χ0) is 17.1. The number of benzene rings is 2. The number of piperazine rings is 1. The van der Waals surface area contributed by atoms with Gasteiger partial charge in [0.1, 0.15) is 5.82 Å². The molecular weight excluding hydrogens is 368 g/mol. The van der Waals surface area contributed by atoms with Gasteiger partial charge in [-0.15, -0.1) is 12.4 Å². The lowest BCUT2D eigenvalue weighted by Crippen LogP contribution is -2.46. The number of non-ortho nitro benzene ring substituents is 1. The van der Waals surface area contributed by atoms with E-state index in [1.807, 2.05) is 0 Å². The van der Waals surface area contributed by atoms with E-state index in [1.54, 1.807) is 18.2 Å². The summed E-state index contributed by atoms with van der Waals surface area (Å²) >= 11 is 6.16. The van der Waals surface area contributed by atoms with E-state index in [2.05, 4.69) is 9.80 Å². The van der Waals surface area contributed by atoms with Crippen molar-refractivity contribution in [3.63, 3.8) is 0 Å². The molecule has 1 fully saturated rings. The number of hydrogen-bond donors (Lipinski definition) is 0. The topological polar surface area (TPSA) is 49.6 Å².